The molecule has 0 radical (unpaired) electrons. The fraction of sp³-hybridized carbons (Fsp3) is 0.562. The molecule has 0 spiro atoms. The summed E-state index contributed by atoms with van der Waals surface area (Å²) < 4.78 is 5.37. The summed E-state index contributed by atoms with van der Waals surface area (Å²) in [6.07, 6.45) is 1.24. The Morgan fingerprint density at radius 1 is 1.61 bits per heavy atom. The molecule has 1 aromatic heterocycles. The third-order valence-corrected chi connectivity index (χ3v) is 4.90. The van der Waals surface area contributed by atoms with E-state index >= 15 is 0 Å². The zero-order valence-corrected chi connectivity index (χ0v) is 14.6. The maximum atomic E-state index is 12.7. The third-order valence-electron chi connectivity index (χ3n) is 3.71. The summed E-state index contributed by atoms with van der Waals surface area (Å²) in [7, 11) is 1.72. The average Bonchev–Trinajstić information content (AvgIpc) is 3.02. The second-order valence-corrected chi connectivity index (χ2v) is 6.74. The minimum absolute atomic E-state index is 0.140. The molecule has 0 aromatic carbocycles. The van der Waals surface area contributed by atoms with Crippen LogP contribution in [0.4, 0.5) is 0 Å². The van der Waals surface area contributed by atoms with Crippen molar-refractivity contribution in [3.8, 4) is 0 Å². The van der Waals surface area contributed by atoms with Gasteiger partial charge in [-0.15, -0.1) is 11.3 Å². The number of thiazole rings is 1. The molecule has 1 aromatic rings. The van der Waals surface area contributed by atoms with Gasteiger partial charge >= 0.3 is 0 Å². The number of amides is 2. The van der Waals surface area contributed by atoms with Crippen molar-refractivity contribution in [3.05, 3.63) is 28.7 Å². The van der Waals surface area contributed by atoms with E-state index in [2.05, 4.69) is 25.4 Å². The Hall–Kier alpha value is -1.73. The molecule has 0 bridgehead atoms. The van der Waals surface area contributed by atoms with Crippen LogP contribution in [-0.4, -0.2) is 59.4 Å². The normalized spacial score (nSPS) is 18.1. The standard InChI is InChI=1S/C16H23N3O3S/c1-5-14(20)19-6-7-22-9-13(19)16(21)18(4)8-12-10-23-15(17-12)11(2)3/h5,10-11,13H,1,6-9H2,2-4H3/t13-/m0/s1. The number of nitrogens with zero attached hydrogens (tertiary/aromatic N) is 3. The van der Waals surface area contributed by atoms with Crippen molar-refractivity contribution in [3.63, 3.8) is 0 Å². The van der Waals surface area contributed by atoms with Gasteiger partial charge < -0.3 is 14.5 Å². The van der Waals surface area contributed by atoms with E-state index in [4.69, 9.17) is 4.74 Å². The topological polar surface area (TPSA) is 62.7 Å². The Morgan fingerprint density at radius 3 is 2.96 bits per heavy atom. The SMILES string of the molecule is C=CC(=O)N1CCOC[C@H]1C(=O)N(C)Cc1csc(C(C)C)n1. The van der Waals surface area contributed by atoms with E-state index in [-0.39, 0.29) is 18.4 Å². The van der Waals surface area contributed by atoms with Gasteiger partial charge in [-0.3, -0.25) is 9.59 Å². The van der Waals surface area contributed by atoms with Gasteiger partial charge in [0, 0.05) is 24.9 Å². The molecule has 1 fully saturated rings. The number of hydrogen-bond acceptors (Lipinski definition) is 5. The van der Waals surface area contributed by atoms with Gasteiger partial charge in [-0.1, -0.05) is 20.4 Å². The third kappa shape index (κ3) is 4.17. The van der Waals surface area contributed by atoms with Crippen molar-refractivity contribution >= 4 is 23.2 Å². The van der Waals surface area contributed by atoms with Crippen LogP contribution < -0.4 is 0 Å². The second-order valence-electron chi connectivity index (χ2n) is 5.85. The van der Waals surface area contributed by atoms with Crippen molar-refractivity contribution in [2.24, 2.45) is 0 Å². The van der Waals surface area contributed by atoms with Gasteiger partial charge in [-0.2, -0.15) is 0 Å². The first-order valence-electron chi connectivity index (χ1n) is 7.64. The fourth-order valence-electron chi connectivity index (χ4n) is 2.43. The van der Waals surface area contributed by atoms with Gasteiger partial charge in [0.15, 0.2) is 0 Å². The average molecular weight is 337 g/mol. The van der Waals surface area contributed by atoms with E-state index in [1.54, 1.807) is 23.3 Å². The molecular weight excluding hydrogens is 314 g/mol. The fourth-order valence-corrected chi connectivity index (χ4v) is 3.25. The molecule has 1 aliphatic rings. The molecule has 23 heavy (non-hydrogen) atoms. The lowest BCUT2D eigenvalue weighted by Crippen LogP contribution is -2.55. The van der Waals surface area contributed by atoms with Gasteiger partial charge in [0.1, 0.15) is 6.04 Å². The smallest absolute Gasteiger partial charge is 0.247 e. The molecule has 1 aliphatic heterocycles. The first kappa shape index (κ1) is 17.6. The van der Waals surface area contributed by atoms with Gasteiger partial charge in [0.25, 0.3) is 0 Å². The molecule has 6 nitrogen and oxygen atoms in total. The molecule has 0 unspecified atom stereocenters. The van der Waals surface area contributed by atoms with Gasteiger partial charge in [0.2, 0.25) is 11.8 Å². The van der Waals surface area contributed by atoms with Crippen molar-refractivity contribution < 1.29 is 14.3 Å². The molecule has 126 valence electrons. The summed E-state index contributed by atoms with van der Waals surface area (Å²) in [6.45, 7) is 9.17. The van der Waals surface area contributed by atoms with Crippen LogP contribution in [0, 0.1) is 0 Å². The van der Waals surface area contributed by atoms with E-state index in [0.29, 0.717) is 25.6 Å². The number of likely N-dealkylation sites (N-methyl/N-ethyl adjacent to an activating group) is 1. The lowest BCUT2D eigenvalue weighted by Gasteiger charge is -2.35. The summed E-state index contributed by atoms with van der Waals surface area (Å²) in [4.78, 5) is 32.2. The maximum Gasteiger partial charge on any atom is 0.247 e. The van der Waals surface area contributed by atoms with Crippen LogP contribution in [-0.2, 0) is 20.9 Å². The van der Waals surface area contributed by atoms with Crippen molar-refractivity contribution in [1.29, 1.82) is 0 Å². The van der Waals surface area contributed by atoms with E-state index in [1.165, 1.54) is 11.0 Å². The lowest BCUT2D eigenvalue weighted by atomic mass is 10.2. The highest BCUT2D eigenvalue weighted by Gasteiger charge is 2.33. The Morgan fingerprint density at radius 2 is 2.35 bits per heavy atom. The minimum atomic E-state index is -0.595. The molecule has 1 saturated heterocycles. The Bertz CT molecular complexity index is 585. The molecule has 7 heteroatoms. The van der Waals surface area contributed by atoms with Crippen molar-refractivity contribution in [2.75, 3.05) is 26.8 Å². The molecule has 2 amide bonds. The summed E-state index contributed by atoms with van der Waals surface area (Å²) in [5.74, 6) is -0.00277. The number of hydrogen-bond donors (Lipinski definition) is 0. The van der Waals surface area contributed by atoms with Crippen LogP contribution in [0.2, 0.25) is 0 Å². The van der Waals surface area contributed by atoms with E-state index in [1.807, 2.05) is 5.38 Å². The highest BCUT2D eigenvalue weighted by Crippen LogP contribution is 2.20. The van der Waals surface area contributed by atoms with Crippen LogP contribution in [0.1, 0.15) is 30.5 Å². The van der Waals surface area contributed by atoms with E-state index < -0.39 is 6.04 Å². The molecule has 2 rings (SSSR count). The Balaban J connectivity index is 2.04. The summed E-state index contributed by atoms with van der Waals surface area (Å²) in [5, 5.41) is 3.04. The highest BCUT2D eigenvalue weighted by molar-refractivity contribution is 7.09. The highest BCUT2D eigenvalue weighted by atomic mass is 32.1. The minimum Gasteiger partial charge on any atom is -0.377 e. The molecular formula is C16H23N3O3S. The predicted molar refractivity (Wildman–Crippen MR) is 89.2 cm³/mol. The van der Waals surface area contributed by atoms with Crippen LogP contribution in [0.3, 0.4) is 0 Å². The summed E-state index contributed by atoms with van der Waals surface area (Å²) in [6, 6.07) is -0.595. The molecule has 0 N–H and O–H groups in total. The van der Waals surface area contributed by atoms with Crippen LogP contribution in [0.5, 0.6) is 0 Å². The van der Waals surface area contributed by atoms with Crippen molar-refractivity contribution in [1.82, 2.24) is 14.8 Å². The monoisotopic (exact) mass is 337 g/mol. The molecule has 0 saturated carbocycles. The van der Waals surface area contributed by atoms with E-state index in [9.17, 15) is 9.59 Å². The number of carbonyl (C=O) groups excluding carboxylic acids is 2. The van der Waals surface area contributed by atoms with Gasteiger partial charge in [-0.05, 0) is 6.08 Å². The van der Waals surface area contributed by atoms with Crippen LogP contribution >= 0.6 is 11.3 Å². The quantitative estimate of drug-likeness (QED) is 0.766. The summed E-state index contributed by atoms with van der Waals surface area (Å²) in [5.41, 5.74) is 0.868. The number of ether oxygens (including phenoxy) is 1. The van der Waals surface area contributed by atoms with Gasteiger partial charge in [-0.25, -0.2) is 4.98 Å². The molecule has 2 heterocycles. The van der Waals surface area contributed by atoms with Crippen molar-refractivity contribution in [2.45, 2.75) is 32.4 Å². The van der Waals surface area contributed by atoms with Crippen LogP contribution in [0.15, 0.2) is 18.0 Å². The molecule has 1 atom stereocenters. The largest absolute Gasteiger partial charge is 0.377 e. The second kappa shape index (κ2) is 7.70. The Kier molecular flexibility index (Phi) is 5.90. The zero-order valence-electron chi connectivity index (χ0n) is 13.8. The summed E-state index contributed by atoms with van der Waals surface area (Å²) >= 11 is 1.60. The lowest BCUT2D eigenvalue weighted by molar-refractivity contribution is -0.150. The number of aromatic nitrogens is 1. The number of morpholine rings is 1. The maximum absolute atomic E-state index is 12.7. The Labute approximate surface area is 140 Å². The first-order valence-corrected chi connectivity index (χ1v) is 8.52. The number of carbonyl (C=O) groups is 2. The zero-order chi connectivity index (χ0) is 17.0. The first-order chi connectivity index (χ1) is 10.9. The molecule has 0 aliphatic carbocycles. The number of rotatable bonds is 5. The van der Waals surface area contributed by atoms with E-state index in [0.717, 1.165) is 10.7 Å². The predicted octanol–water partition coefficient (Wildman–Crippen LogP) is 1.64. The van der Waals surface area contributed by atoms with Gasteiger partial charge in [0.05, 0.1) is 30.5 Å². The van der Waals surface area contributed by atoms with Crippen LogP contribution in [0.25, 0.3) is 0 Å².